The van der Waals surface area contributed by atoms with Crippen molar-refractivity contribution in [1.29, 1.82) is 0 Å². The van der Waals surface area contributed by atoms with E-state index in [2.05, 4.69) is 55.8 Å². The zero-order valence-corrected chi connectivity index (χ0v) is 41.9. The number of rotatable bonds is 19. The van der Waals surface area contributed by atoms with Gasteiger partial charge in [0.15, 0.2) is 5.82 Å². The molecule has 3 aromatic carbocycles. The normalized spacial score (nSPS) is 20.4. The molecule has 376 valence electrons. The maximum absolute atomic E-state index is 16.8. The molecule has 15 nitrogen and oxygen atoms in total. The average Bonchev–Trinajstić information content (AvgIpc) is 4.10. The predicted molar refractivity (Wildman–Crippen MR) is 276 cm³/mol. The summed E-state index contributed by atoms with van der Waals surface area (Å²) in [7, 11) is 1.98. The van der Waals surface area contributed by atoms with Gasteiger partial charge in [0.2, 0.25) is 11.8 Å². The predicted octanol–water partition coefficient (Wildman–Crippen LogP) is 6.83. The number of benzene rings is 3. The minimum atomic E-state index is -0.972. The molecule has 16 heteroatoms. The highest BCUT2D eigenvalue weighted by Gasteiger charge is 2.46. The lowest BCUT2D eigenvalue weighted by Gasteiger charge is -2.40. The molecule has 5 heterocycles. The van der Waals surface area contributed by atoms with Gasteiger partial charge in [0.05, 0.1) is 23.3 Å². The quantitative estimate of drug-likeness (QED) is 0.0440. The van der Waals surface area contributed by atoms with Gasteiger partial charge in [0.1, 0.15) is 30.0 Å². The maximum Gasteiger partial charge on any atom is 0.262 e. The number of carbonyl (C=O) groups is 4. The molecule has 4 amide bonds. The highest BCUT2D eigenvalue weighted by molar-refractivity contribution is 6.23. The fraction of sp³-hybridized carbons (Fsp3) is 0.509. The Kier molecular flexibility index (Phi) is 15.4. The maximum atomic E-state index is 16.8. The number of ether oxygens (including phenoxy) is 1. The molecule has 2 N–H and O–H groups in total. The number of imide groups is 2. The van der Waals surface area contributed by atoms with Gasteiger partial charge in [-0.05, 0) is 107 Å². The lowest BCUT2D eigenvalue weighted by molar-refractivity contribution is -0.136. The van der Waals surface area contributed by atoms with Crippen molar-refractivity contribution in [2.45, 2.75) is 84.2 Å². The highest BCUT2D eigenvalue weighted by Crippen LogP contribution is 2.47. The van der Waals surface area contributed by atoms with E-state index in [1.807, 2.05) is 56.4 Å². The summed E-state index contributed by atoms with van der Waals surface area (Å²) in [6, 6.07) is 16.6. The van der Waals surface area contributed by atoms with Crippen LogP contribution in [0, 0.1) is 24.1 Å². The van der Waals surface area contributed by atoms with Crippen LogP contribution in [0.4, 0.5) is 15.8 Å². The number of amidine groups is 1. The van der Waals surface area contributed by atoms with Gasteiger partial charge in [-0.25, -0.2) is 9.38 Å². The van der Waals surface area contributed by atoms with Gasteiger partial charge in [0.25, 0.3) is 11.8 Å². The van der Waals surface area contributed by atoms with Gasteiger partial charge in [-0.15, -0.1) is 0 Å². The molecule has 4 aliphatic heterocycles. The largest absolute Gasteiger partial charge is 0.371 e. The third-order valence-corrected chi connectivity index (χ3v) is 15.5. The second-order valence-electron chi connectivity index (χ2n) is 20.3. The van der Waals surface area contributed by atoms with Gasteiger partial charge >= 0.3 is 0 Å². The van der Waals surface area contributed by atoms with Crippen LogP contribution in [0.2, 0.25) is 0 Å². The summed E-state index contributed by atoms with van der Waals surface area (Å²) >= 11 is 0. The smallest absolute Gasteiger partial charge is 0.262 e. The van der Waals surface area contributed by atoms with E-state index in [1.54, 1.807) is 18.3 Å². The Hall–Kier alpha value is -5.94. The number of piperidine rings is 2. The van der Waals surface area contributed by atoms with Crippen molar-refractivity contribution in [3.63, 3.8) is 0 Å². The summed E-state index contributed by atoms with van der Waals surface area (Å²) in [4.78, 5) is 75.7. The van der Waals surface area contributed by atoms with E-state index >= 15 is 4.39 Å². The molecule has 5 aliphatic rings. The number of amides is 4. The van der Waals surface area contributed by atoms with Crippen molar-refractivity contribution in [2.75, 3.05) is 90.7 Å². The van der Waals surface area contributed by atoms with Crippen LogP contribution in [0.25, 0.3) is 22.0 Å². The zero-order valence-electron chi connectivity index (χ0n) is 41.9. The van der Waals surface area contributed by atoms with Crippen LogP contribution in [0.3, 0.4) is 0 Å². The Labute approximate surface area is 416 Å². The molecule has 0 spiro atoms. The van der Waals surface area contributed by atoms with Gasteiger partial charge in [-0.2, -0.15) is 0 Å². The lowest BCUT2D eigenvalue weighted by atomic mass is 9.95. The van der Waals surface area contributed by atoms with Crippen LogP contribution in [0.1, 0.15) is 97.1 Å². The van der Waals surface area contributed by atoms with Crippen LogP contribution >= 0.6 is 0 Å². The molecule has 1 aliphatic carbocycles. The van der Waals surface area contributed by atoms with Crippen molar-refractivity contribution < 1.29 is 28.3 Å². The molecular weight excluding hydrogens is 900 g/mol. The second-order valence-corrected chi connectivity index (χ2v) is 20.3. The number of carbonyl (C=O) groups excluding carboxylic acids is 4. The number of halogens is 1. The monoisotopic (exact) mass is 969 g/mol. The summed E-state index contributed by atoms with van der Waals surface area (Å²) in [5.41, 5.74) is 4.27. The summed E-state index contributed by atoms with van der Waals surface area (Å²) < 4.78 is 23.2. The Balaban J connectivity index is 0.781. The first-order valence-electron chi connectivity index (χ1n) is 25.7. The molecular formula is C55H69FN10O5. The number of pyridine rings is 1. The van der Waals surface area contributed by atoms with E-state index in [9.17, 15) is 19.2 Å². The first kappa shape index (κ1) is 50.0. The average molecular weight is 969 g/mol. The number of anilines is 1. The van der Waals surface area contributed by atoms with E-state index in [0.717, 1.165) is 118 Å². The molecule has 0 radical (unpaired) electrons. The number of aryl methyl sites for hydroxylation is 1. The van der Waals surface area contributed by atoms with Gasteiger partial charge in [0, 0.05) is 101 Å². The second kappa shape index (κ2) is 21.8. The number of likely N-dealkylation sites (N-methyl/N-ethyl adjacent to an activating group) is 2. The molecule has 1 aromatic heterocycles. The van der Waals surface area contributed by atoms with E-state index < -0.39 is 29.6 Å². The molecule has 2 atom stereocenters. The topological polar surface area (TPSA) is 155 Å². The van der Waals surface area contributed by atoms with Crippen LogP contribution in [0.15, 0.2) is 70.8 Å². The number of nitrogens with one attached hydrogen (secondary N) is 2. The van der Waals surface area contributed by atoms with Crippen molar-refractivity contribution in [3.05, 3.63) is 88.9 Å². The van der Waals surface area contributed by atoms with Crippen molar-refractivity contribution >= 4 is 58.3 Å². The molecule has 2 unspecified atom stereocenters. The Morgan fingerprint density at radius 2 is 1.69 bits per heavy atom. The fourth-order valence-electron chi connectivity index (χ4n) is 11.3. The number of aliphatic imine (C=N–C) groups is 2. The Bertz CT molecular complexity index is 2690. The third kappa shape index (κ3) is 10.7. The molecule has 0 bridgehead atoms. The SMILES string of the molecule is C=Nc1c(/C(=N\COCC2(CN3CCN(CC4CCN(c5ccc6c(c5)C(=O)N(C5CCC(=O)NC5=O)C6=O)CC4)CC3)CC2)N(CC)CC(CCC)NC)cnc(-c2cccc3cccc(C)c23)c1F. The number of fused-ring (bicyclic) bond motifs is 2. The van der Waals surface area contributed by atoms with Crippen LogP contribution < -0.4 is 15.5 Å². The number of piperazine rings is 1. The fourth-order valence-corrected chi connectivity index (χ4v) is 11.3. The molecule has 4 fully saturated rings. The Morgan fingerprint density at radius 3 is 2.38 bits per heavy atom. The van der Waals surface area contributed by atoms with E-state index in [-0.39, 0.29) is 48.3 Å². The number of hydrogen-bond donors (Lipinski definition) is 2. The zero-order chi connectivity index (χ0) is 49.8. The molecule has 1 saturated carbocycles. The minimum absolute atomic E-state index is 0.0938. The van der Waals surface area contributed by atoms with Gasteiger partial charge < -0.3 is 29.7 Å². The van der Waals surface area contributed by atoms with Crippen molar-refractivity contribution in [1.82, 2.24) is 35.2 Å². The molecule has 9 rings (SSSR count). The van der Waals surface area contributed by atoms with Crippen LogP contribution in [0.5, 0.6) is 0 Å². The summed E-state index contributed by atoms with van der Waals surface area (Å²) in [6.07, 6.45) is 8.25. The van der Waals surface area contributed by atoms with Crippen LogP contribution in [-0.2, 0) is 14.3 Å². The summed E-state index contributed by atoms with van der Waals surface area (Å²) in [5.74, 6) is -1.29. The summed E-state index contributed by atoms with van der Waals surface area (Å²) in [6.45, 7) is 20.0. The molecule has 4 aromatic rings. The van der Waals surface area contributed by atoms with Crippen LogP contribution in [-0.4, -0.2) is 159 Å². The Morgan fingerprint density at radius 1 is 0.958 bits per heavy atom. The minimum Gasteiger partial charge on any atom is -0.371 e. The van der Waals surface area contributed by atoms with Gasteiger partial charge in [-0.3, -0.25) is 39.4 Å². The van der Waals surface area contributed by atoms with E-state index in [4.69, 9.17) is 14.7 Å². The highest BCUT2D eigenvalue weighted by atomic mass is 19.1. The van der Waals surface area contributed by atoms with Crippen molar-refractivity contribution in [2.24, 2.45) is 21.3 Å². The lowest BCUT2D eigenvalue weighted by Crippen LogP contribution is -2.54. The third-order valence-electron chi connectivity index (χ3n) is 15.5. The number of nitrogens with zero attached hydrogens (tertiary/aromatic N) is 8. The first-order valence-corrected chi connectivity index (χ1v) is 25.7. The molecule has 71 heavy (non-hydrogen) atoms. The van der Waals surface area contributed by atoms with E-state index in [1.165, 1.54) is 0 Å². The molecule has 3 saturated heterocycles. The van der Waals surface area contributed by atoms with E-state index in [0.29, 0.717) is 53.7 Å². The number of hydrogen-bond acceptors (Lipinski definition) is 12. The number of aromatic nitrogens is 1. The summed E-state index contributed by atoms with van der Waals surface area (Å²) in [5, 5.41) is 7.70. The standard InChI is InChI=1S/C55H69FN10O5/c1-6-10-39(57-4)32-64(7-2)51(44-30-59-50(48(56)49(44)58-5)42-14-9-13-38-12-8-11-36(3)47(38)42)60-35-71-34-55(21-22-55)33-63-27-25-62(26-28-63)31-37-19-23-65(24-20-37)40-15-16-41-43(29-40)54(70)66(53(41)69)45-17-18-46(67)61-52(45)68/h8-9,11-16,29-30,37,39,45,57H,5-7,10,17-28,31-35H2,1-4H3,(H,61,67,68)/b60-51+. The first-order chi connectivity index (χ1) is 34.4. The van der Waals surface area contributed by atoms with Crippen molar-refractivity contribution in [3.8, 4) is 11.3 Å². The van der Waals surface area contributed by atoms with Gasteiger partial charge in [-0.1, -0.05) is 49.7 Å².